The predicted molar refractivity (Wildman–Crippen MR) is 158 cm³/mol. The first-order valence-corrected chi connectivity index (χ1v) is 14.7. The molecule has 1 heterocycles. The van der Waals surface area contributed by atoms with Gasteiger partial charge in [0.2, 0.25) is 5.91 Å². The summed E-state index contributed by atoms with van der Waals surface area (Å²) in [6.45, 7) is 9.27. The maximum absolute atomic E-state index is 13.5. The van der Waals surface area contributed by atoms with Crippen LogP contribution in [-0.2, 0) is 15.1 Å². The van der Waals surface area contributed by atoms with Crippen molar-refractivity contribution in [2.75, 3.05) is 40.4 Å². The Bertz CT molecular complexity index is 1030. The number of piperidine rings is 1. The molecule has 1 aliphatic rings. The molecule has 3 rings (SSSR count). The lowest BCUT2D eigenvalue weighted by atomic mass is 9.73. The number of nitrogens with zero attached hydrogens (tertiary/aromatic N) is 1. The number of para-hydroxylation sites is 2. The van der Waals surface area contributed by atoms with Crippen molar-refractivity contribution < 1.29 is 19.4 Å². The summed E-state index contributed by atoms with van der Waals surface area (Å²) < 4.78 is 11.7. The third-order valence-corrected chi connectivity index (χ3v) is 8.03. The van der Waals surface area contributed by atoms with Crippen LogP contribution in [0.2, 0.25) is 0 Å². The van der Waals surface area contributed by atoms with E-state index >= 15 is 0 Å². The zero-order chi connectivity index (χ0) is 28.3. The van der Waals surface area contributed by atoms with Crippen molar-refractivity contribution in [1.29, 1.82) is 0 Å². The van der Waals surface area contributed by atoms with Crippen molar-refractivity contribution in [2.24, 2.45) is 17.8 Å². The molecule has 0 unspecified atom stereocenters. The average Bonchev–Trinajstić information content (AvgIpc) is 2.92. The molecule has 2 N–H and O–H groups in total. The van der Waals surface area contributed by atoms with Crippen molar-refractivity contribution in [3.63, 3.8) is 0 Å². The first-order valence-electron chi connectivity index (χ1n) is 14.7. The maximum atomic E-state index is 13.5. The van der Waals surface area contributed by atoms with Gasteiger partial charge in [-0.25, -0.2) is 0 Å². The van der Waals surface area contributed by atoms with Crippen molar-refractivity contribution in [3.8, 4) is 11.5 Å². The number of likely N-dealkylation sites (tertiary alicyclic amines) is 1. The molecule has 0 radical (unpaired) electrons. The Labute approximate surface area is 236 Å². The van der Waals surface area contributed by atoms with Crippen molar-refractivity contribution in [3.05, 3.63) is 59.7 Å². The molecule has 6 nitrogen and oxygen atoms in total. The highest BCUT2D eigenvalue weighted by Gasteiger charge is 2.43. The Morgan fingerprint density at radius 2 is 1.85 bits per heavy atom. The topological polar surface area (TPSA) is 71.0 Å². The summed E-state index contributed by atoms with van der Waals surface area (Å²) in [5.74, 6) is 2.45. The van der Waals surface area contributed by atoms with E-state index in [0.29, 0.717) is 43.6 Å². The molecule has 1 amide bonds. The van der Waals surface area contributed by atoms with Gasteiger partial charge in [-0.3, -0.25) is 4.79 Å². The second kappa shape index (κ2) is 15.4. The lowest BCUT2D eigenvalue weighted by Gasteiger charge is -2.43. The normalized spacial score (nSPS) is 18.1. The van der Waals surface area contributed by atoms with Gasteiger partial charge in [0.1, 0.15) is 11.5 Å². The highest BCUT2D eigenvalue weighted by Crippen LogP contribution is 2.44. The first-order chi connectivity index (χ1) is 18.8. The number of carbonyl (C=O) groups is 1. The Morgan fingerprint density at radius 3 is 2.54 bits per heavy atom. The van der Waals surface area contributed by atoms with Gasteiger partial charge in [0.05, 0.1) is 5.60 Å². The Balaban J connectivity index is 1.87. The van der Waals surface area contributed by atoms with Gasteiger partial charge in [0.15, 0.2) is 0 Å². The average molecular weight is 539 g/mol. The van der Waals surface area contributed by atoms with Gasteiger partial charge in [-0.2, -0.15) is 0 Å². The Kier molecular flexibility index (Phi) is 12.3. The molecular formula is C33H50N2O4. The van der Waals surface area contributed by atoms with E-state index < -0.39 is 5.60 Å². The lowest BCUT2D eigenvalue weighted by Crippen LogP contribution is -2.48. The van der Waals surface area contributed by atoms with E-state index in [1.54, 1.807) is 7.11 Å². The van der Waals surface area contributed by atoms with Gasteiger partial charge in [-0.05, 0) is 88.6 Å². The SMILES string of the molecule is CNC[C@@H](CC(=O)N1CCC[C@@H]([C@@](O)(CCCCOC)c2ccccc2Oc2ccccc2C)C1)CC(C)C. The minimum absolute atomic E-state index is 0.0767. The monoisotopic (exact) mass is 538 g/mol. The third-order valence-electron chi connectivity index (χ3n) is 8.03. The van der Waals surface area contributed by atoms with E-state index in [9.17, 15) is 9.90 Å². The van der Waals surface area contributed by atoms with Crippen LogP contribution in [0.1, 0.15) is 69.9 Å². The smallest absolute Gasteiger partial charge is 0.222 e. The molecule has 1 saturated heterocycles. The standard InChI is InChI=1S/C33H50N2O4/c1-25(2)21-27(23-34-4)22-32(36)35-19-12-14-28(24-35)33(37,18-10-11-20-38-5)29-15-7-9-17-31(29)39-30-16-8-6-13-26(30)3/h6-9,13,15-17,25,27-28,34,37H,10-12,14,18-24H2,1-5H3/t27-,28-,33+/m1/s1. The number of aliphatic hydroxyl groups is 1. The molecule has 0 aromatic heterocycles. The highest BCUT2D eigenvalue weighted by molar-refractivity contribution is 5.76. The van der Waals surface area contributed by atoms with E-state index in [1.165, 1.54) is 0 Å². The van der Waals surface area contributed by atoms with Crippen LogP contribution in [0.15, 0.2) is 48.5 Å². The molecule has 2 aromatic carbocycles. The summed E-state index contributed by atoms with van der Waals surface area (Å²) >= 11 is 0. The highest BCUT2D eigenvalue weighted by atomic mass is 16.5. The molecule has 0 bridgehead atoms. The molecular weight excluding hydrogens is 488 g/mol. The van der Waals surface area contributed by atoms with Crippen LogP contribution in [0, 0.1) is 24.7 Å². The molecule has 2 aromatic rings. The van der Waals surface area contributed by atoms with Gasteiger partial charge < -0.3 is 24.8 Å². The zero-order valence-corrected chi connectivity index (χ0v) is 24.7. The number of carbonyl (C=O) groups excluding carboxylic acids is 1. The van der Waals surface area contributed by atoms with Crippen LogP contribution in [0.25, 0.3) is 0 Å². The van der Waals surface area contributed by atoms with Gasteiger partial charge in [-0.15, -0.1) is 0 Å². The largest absolute Gasteiger partial charge is 0.457 e. The zero-order valence-electron chi connectivity index (χ0n) is 24.7. The first kappa shape index (κ1) is 31.1. The lowest BCUT2D eigenvalue weighted by molar-refractivity contribution is -0.138. The van der Waals surface area contributed by atoms with E-state index in [-0.39, 0.29) is 11.8 Å². The van der Waals surface area contributed by atoms with Crippen LogP contribution in [0.4, 0.5) is 0 Å². The number of ether oxygens (including phenoxy) is 2. The van der Waals surface area contributed by atoms with E-state index in [4.69, 9.17) is 9.47 Å². The van der Waals surface area contributed by atoms with Crippen LogP contribution in [-0.4, -0.2) is 56.3 Å². The van der Waals surface area contributed by atoms with E-state index in [2.05, 4.69) is 19.2 Å². The van der Waals surface area contributed by atoms with Crippen molar-refractivity contribution in [1.82, 2.24) is 10.2 Å². The second-order valence-electron chi connectivity index (χ2n) is 11.7. The van der Waals surface area contributed by atoms with Crippen LogP contribution >= 0.6 is 0 Å². The number of nitrogens with one attached hydrogen (secondary N) is 1. The fraction of sp³-hybridized carbons (Fsp3) is 0.606. The molecule has 1 aliphatic heterocycles. The van der Waals surface area contributed by atoms with Crippen LogP contribution in [0.3, 0.4) is 0 Å². The third kappa shape index (κ3) is 8.79. The molecule has 39 heavy (non-hydrogen) atoms. The summed E-state index contributed by atoms with van der Waals surface area (Å²) in [6.07, 6.45) is 5.62. The fourth-order valence-electron chi connectivity index (χ4n) is 6.07. The second-order valence-corrected chi connectivity index (χ2v) is 11.7. The number of rotatable bonds is 15. The van der Waals surface area contributed by atoms with Gasteiger partial charge in [0.25, 0.3) is 0 Å². The molecule has 0 saturated carbocycles. The summed E-state index contributed by atoms with van der Waals surface area (Å²) in [5, 5.41) is 15.8. The molecule has 0 spiro atoms. The number of hydrogen-bond acceptors (Lipinski definition) is 5. The maximum Gasteiger partial charge on any atom is 0.222 e. The predicted octanol–water partition coefficient (Wildman–Crippen LogP) is 6.30. The Hall–Kier alpha value is -2.41. The summed E-state index contributed by atoms with van der Waals surface area (Å²) in [6, 6.07) is 15.8. The van der Waals surface area contributed by atoms with Crippen molar-refractivity contribution in [2.45, 2.75) is 71.3 Å². The molecule has 3 atom stereocenters. The number of hydrogen-bond donors (Lipinski definition) is 2. The number of methoxy groups -OCH3 is 1. The number of aryl methyl sites for hydroxylation is 1. The minimum atomic E-state index is -1.12. The van der Waals surface area contributed by atoms with Crippen LogP contribution in [0.5, 0.6) is 11.5 Å². The fourth-order valence-corrected chi connectivity index (χ4v) is 6.07. The number of amides is 1. The summed E-state index contributed by atoms with van der Waals surface area (Å²) in [7, 11) is 3.66. The Morgan fingerprint density at radius 1 is 1.13 bits per heavy atom. The van der Waals surface area contributed by atoms with E-state index in [0.717, 1.165) is 62.1 Å². The van der Waals surface area contributed by atoms with Crippen LogP contribution < -0.4 is 10.1 Å². The number of benzene rings is 2. The minimum Gasteiger partial charge on any atom is -0.457 e. The quantitative estimate of drug-likeness (QED) is 0.260. The molecule has 216 valence electrons. The summed E-state index contributed by atoms with van der Waals surface area (Å²) in [4.78, 5) is 15.5. The van der Waals surface area contributed by atoms with E-state index in [1.807, 2.05) is 67.4 Å². The van der Waals surface area contributed by atoms with Gasteiger partial charge in [0, 0.05) is 44.7 Å². The summed E-state index contributed by atoms with van der Waals surface area (Å²) in [5.41, 5.74) is 0.731. The molecule has 6 heteroatoms. The van der Waals surface area contributed by atoms with Gasteiger partial charge in [-0.1, -0.05) is 50.2 Å². The van der Waals surface area contributed by atoms with Crippen molar-refractivity contribution >= 4 is 5.91 Å². The molecule has 0 aliphatic carbocycles. The van der Waals surface area contributed by atoms with Gasteiger partial charge >= 0.3 is 0 Å². The number of unbranched alkanes of at least 4 members (excludes halogenated alkanes) is 1. The molecule has 1 fully saturated rings.